The lowest BCUT2D eigenvalue weighted by molar-refractivity contribution is -0.128. The zero-order valence-corrected chi connectivity index (χ0v) is 17.4. The van der Waals surface area contributed by atoms with Crippen LogP contribution in [0.3, 0.4) is 0 Å². The molecule has 0 aliphatic rings. The second kappa shape index (κ2) is 9.88. The van der Waals surface area contributed by atoms with E-state index in [4.69, 9.17) is 18.9 Å². The summed E-state index contributed by atoms with van der Waals surface area (Å²) >= 11 is 0. The predicted octanol–water partition coefficient (Wildman–Crippen LogP) is 3.80. The Bertz CT molecular complexity index is 794. The first-order chi connectivity index (χ1) is 13.4. The summed E-state index contributed by atoms with van der Waals surface area (Å²) in [7, 11) is 4.67. The van der Waals surface area contributed by atoms with Crippen LogP contribution in [-0.4, -0.2) is 33.3 Å². The van der Waals surface area contributed by atoms with E-state index in [2.05, 4.69) is 5.32 Å². The Hall–Kier alpha value is -2.89. The maximum Gasteiger partial charge on any atom is 0.261 e. The van der Waals surface area contributed by atoms with Gasteiger partial charge in [-0.05, 0) is 55.2 Å². The quantitative estimate of drug-likeness (QED) is 0.709. The minimum atomic E-state index is -0.567. The summed E-state index contributed by atoms with van der Waals surface area (Å²) in [5, 5.41) is 2.93. The van der Waals surface area contributed by atoms with Gasteiger partial charge in [-0.25, -0.2) is 0 Å². The molecule has 0 saturated carbocycles. The number of methoxy groups -OCH3 is 3. The van der Waals surface area contributed by atoms with Gasteiger partial charge in [0, 0.05) is 6.54 Å². The predicted molar refractivity (Wildman–Crippen MR) is 109 cm³/mol. The van der Waals surface area contributed by atoms with Gasteiger partial charge >= 0.3 is 0 Å². The Morgan fingerprint density at radius 3 is 2.18 bits per heavy atom. The Balaban J connectivity index is 2.10. The van der Waals surface area contributed by atoms with Crippen LogP contribution < -0.4 is 24.3 Å². The number of hydrogen-bond donors (Lipinski definition) is 1. The maximum atomic E-state index is 12.7. The average molecular weight is 387 g/mol. The van der Waals surface area contributed by atoms with Gasteiger partial charge in [0.2, 0.25) is 5.75 Å². The zero-order chi connectivity index (χ0) is 20.7. The van der Waals surface area contributed by atoms with E-state index in [1.165, 1.54) is 0 Å². The third-order valence-electron chi connectivity index (χ3n) is 4.68. The highest BCUT2D eigenvalue weighted by molar-refractivity contribution is 5.81. The molecule has 6 nitrogen and oxygen atoms in total. The van der Waals surface area contributed by atoms with Gasteiger partial charge in [-0.15, -0.1) is 0 Å². The van der Waals surface area contributed by atoms with Gasteiger partial charge in [-0.1, -0.05) is 19.1 Å². The van der Waals surface area contributed by atoms with E-state index < -0.39 is 6.10 Å². The number of benzene rings is 2. The molecule has 0 aliphatic carbocycles. The monoisotopic (exact) mass is 387 g/mol. The van der Waals surface area contributed by atoms with Crippen molar-refractivity contribution in [3.63, 3.8) is 0 Å². The van der Waals surface area contributed by atoms with E-state index in [1.807, 2.05) is 51.1 Å². The van der Waals surface area contributed by atoms with Gasteiger partial charge in [-0.2, -0.15) is 0 Å². The van der Waals surface area contributed by atoms with Gasteiger partial charge in [0.1, 0.15) is 5.75 Å². The maximum absolute atomic E-state index is 12.7. The van der Waals surface area contributed by atoms with E-state index >= 15 is 0 Å². The first-order valence-corrected chi connectivity index (χ1v) is 9.24. The molecule has 1 N–H and O–H groups in total. The van der Waals surface area contributed by atoms with Crippen molar-refractivity contribution in [1.82, 2.24) is 5.32 Å². The number of carbonyl (C=O) groups is 1. The highest BCUT2D eigenvalue weighted by Crippen LogP contribution is 2.38. The van der Waals surface area contributed by atoms with Crippen molar-refractivity contribution in [2.75, 3.05) is 21.3 Å². The Morgan fingerprint density at radius 1 is 1.00 bits per heavy atom. The van der Waals surface area contributed by atoms with E-state index in [9.17, 15) is 4.79 Å². The first kappa shape index (κ1) is 21.4. The summed E-state index contributed by atoms with van der Waals surface area (Å²) in [6.45, 7) is 6.26. The van der Waals surface area contributed by atoms with Crippen molar-refractivity contribution in [2.24, 2.45) is 0 Å². The van der Waals surface area contributed by atoms with Crippen LogP contribution in [0.15, 0.2) is 30.3 Å². The molecular formula is C22H29NO5. The van der Waals surface area contributed by atoms with Crippen molar-refractivity contribution in [1.29, 1.82) is 0 Å². The number of ether oxygens (including phenoxy) is 4. The molecule has 6 heteroatoms. The van der Waals surface area contributed by atoms with Crippen LogP contribution in [0, 0.1) is 13.8 Å². The van der Waals surface area contributed by atoms with Gasteiger partial charge in [0.25, 0.3) is 5.91 Å². The van der Waals surface area contributed by atoms with Gasteiger partial charge in [0.05, 0.1) is 21.3 Å². The molecule has 0 saturated heterocycles. The highest BCUT2D eigenvalue weighted by atomic mass is 16.5. The molecule has 1 atom stereocenters. The Labute approximate surface area is 166 Å². The molecule has 0 bridgehead atoms. The zero-order valence-electron chi connectivity index (χ0n) is 17.4. The minimum absolute atomic E-state index is 0.169. The lowest BCUT2D eigenvalue weighted by Gasteiger charge is -2.20. The molecular weight excluding hydrogens is 358 g/mol. The molecule has 0 radical (unpaired) electrons. The number of amides is 1. The van der Waals surface area contributed by atoms with Crippen LogP contribution in [0.25, 0.3) is 0 Å². The molecule has 0 spiro atoms. The van der Waals surface area contributed by atoms with Crippen LogP contribution in [0.4, 0.5) is 0 Å². The molecule has 28 heavy (non-hydrogen) atoms. The van der Waals surface area contributed by atoms with Crippen molar-refractivity contribution in [3.8, 4) is 23.0 Å². The summed E-state index contributed by atoms with van der Waals surface area (Å²) < 4.78 is 22.0. The summed E-state index contributed by atoms with van der Waals surface area (Å²) in [6, 6.07) is 9.46. The first-order valence-electron chi connectivity index (χ1n) is 9.24. The van der Waals surface area contributed by atoms with Crippen LogP contribution in [-0.2, 0) is 11.3 Å². The smallest absolute Gasteiger partial charge is 0.261 e. The Kier molecular flexibility index (Phi) is 7.55. The number of hydrogen-bond acceptors (Lipinski definition) is 5. The van der Waals surface area contributed by atoms with E-state index in [0.717, 1.165) is 22.4 Å². The fourth-order valence-electron chi connectivity index (χ4n) is 2.87. The van der Waals surface area contributed by atoms with Gasteiger partial charge in [0.15, 0.2) is 17.6 Å². The summed E-state index contributed by atoms with van der Waals surface area (Å²) in [6.07, 6.45) is -0.00313. The third kappa shape index (κ3) is 4.88. The lowest BCUT2D eigenvalue weighted by Crippen LogP contribution is -2.37. The largest absolute Gasteiger partial charge is 0.493 e. The molecule has 0 aliphatic heterocycles. The molecule has 2 rings (SSSR count). The van der Waals surface area contributed by atoms with Crippen molar-refractivity contribution >= 4 is 5.91 Å². The molecule has 0 aromatic heterocycles. The SMILES string of the molecule is CC[C@@H](Oc1cccc(C)c1C)C(=O)NCc1cc(OC)c(OC)c(OC)c1. The molecule has 152 valence electrons. The van der Waals surface area contributed by atoms with Crippen LogP contribution in [0.5, 0.6) is 23.0 Å². The van der Waals surface area contributed by atoms with E-state index in [-0.39, 0.29) is 5.91 Å². The summed E-state index contributed by atoms with van der Waals surface area (Å²) in [4.78, 5) is 12.7. The van der Waals surface area contributed by atoms with Gasteiger partial charge in [-0.3, -0.25) is 4.79 Å². The number of nitrogens with one attached hydrogen (secondary N) is 1. The Morgan fingerprint density at radius 2 is 1.64 bits per heavy atom. The fraction of sp³-hybridized carbons (Fsp3) is 0.409. The van der Waals surface area contributed by atoms with Crippen molar-refractivity contribution in [2.45, 2.75) is 39.8 Å². The molecule has 0 fully saturated rings. The second-order valence-electron chi connectivity index (χ2n) is 6.46. The second-order valence-corrected chi connectivity index (χ2v) is 6.46. The fourth-order valence-corrected chi connectivity index (χ4v) is 2.87. The summed E-state index contributed by atoms with van der Waals surface area (Å²) in [5.41, 5.74) is 3.01. The lowest BCUT2D eigenvalue weighted by atomic mass is 10.1. The third-order valence-corrected chi connectivity index (χ3v) is 4.68. The molecule has 0 heterocycles. The van der Waals surface area contributed by atoms with Crippen molar-refractivity contribution < 1.29 is 23.7 Å². The number of carbonyl (C=O) groups excluding carboxylic acids is 1. The van der Waals surface area contributed by atoms with Crippen LogP contribution in [0.2, 0.25) is 0 Å². The normalized spacial score (nSPS) is 11.5. The summed E-state index contributed by atoms with van der Waals surface area (Å²) in [5.74, 6) is 2.17. The van der Waals surface area contributed by atoms with E-state index in [1.54, 1.807) is 21.3 Å². The number of rotatable bonds is 9. The van der Waals surface area contributed by atoms with Gasteiger partial charge < -0.3 is 24.3 Å². The molecule has 1 amide bonds. The molecule has 0 unspecified atom stereocenters. The van der Waals surface area contributed by atoms with Crippen LogP contribution >= 0.6 is 0 Å². The minimum Gasteiger partial charge on any atom is -0.493 e. The molecule has 2 aromatic rings. The van der Waals surface area contributed by atoms with Crippen molar-refractivity contribution in [3.05, 3.63) is 47.0 Å². The van der Waals surface area contributed by atoms with E-state index in [0.29, 0.717) is 30.2 Å². The van der Waals surface area contributed by atoms with Crippen LogP contribution in [0.1, 0.15) is 30.0 Å². The molecule has 2 aromatic carbocycles. The topological polar surface area (TPSA) is 66.0 Å². The highest BCUT2D eigenvalue weighted by Gasteiger charge is 2.20. The average Bonchev–Trinajstić information content (AvgIpc) is 2.72. The number of aryl methyl sites for hydroxylation is 1. The standard InChI is InChI=1S/C22H29NO5/c1-7-17(28-18-10-8-9-14(2)15(18)3)22(24)23-13-16-11-19(25-4)21(27-6)20(12-16)26-5/h8-12,17H,7,13H2,1-6H3,(H,23,24)/t17-/m1/s1.